The van der Waals surface area contributed by atoms with E-state index in [2.05, 4.69) is 155 Å². The third kappa shape index (κ3) is 3.12. The van der Waals surface area contributed by atoms with Crippen LogP contribution in [-0.4, -0.2) is 9.13 Å². The molecule has 0 N–H and O–H groups in total. The van der Waals surface area contributed by atoms with Gasteiger partial charge in [-0.2, -0.15) is 0 Å². The van der Waals surface area contributed by atoms with E-state index in [1.54, 1.807) is 0 Å². The van der Waals surface area contributed by atoms with E-state index in [1.165, 1.54) is 85.9 Å². The summed E-state index contributed by atoms with van der Waals surface area (Å²) in [6, 6.07) is 53.4. The summed E-state index contributed by atoms with van der Waals surface area (Å²) >= 11 is 1.89. The van der Waals surface area contributed by atoms with Crippen LogP contribution in [0.3, 0.4) is 0 Å². The summed E-state index contributed by atoms with van der Waals surface area (Å²) in [6.07, 6.45) is 0. The molecule has 43 heavy (non-hydrogen) atoms. The molecule has 200 valence electrons. The molecule has 0 saturated carbocycles. The van der Waals surface area contributed by atoms with Gasteiger partial charge < -0.3 is 9.13 Å². The summed E-state index contributed by atoms with van der Waals surface area (Å²) in [5.74, 6) is 0. The molecule has 2 nitrogen and oxygen atoms in total. The number of nitrogens with zero attached hydrogens (tertiary/aromatic N) is 2. The lowest BCUT2D eigenvalue weighted by molar-refractivity contribution is 1.18. The van der Waals surface area contributed by atoms with Crippen molar-refractivity contribution in [2.75, 3.05) is 0 Å². The molecule has 7 aromatic carbocycles. The van der Waals surface area contributed by atoms with Gasteiger partial charge in [-0.05, 0) is 59.3 Å². The zero-order chi connectivity index (χ0) is 28.1. The fourth-order valence-electron chi connectivity index (χ4n) is 7.27. The highest BCUT2D eigenvalue weighted by atomic mass is 32.1. The predicted molar refractivity (Wildman–Crippen MR) is 186 cm³/mol. The van der Waals surface area contributed by atoms with Crippen LogP contribution < -0.4 is 0 Å². The molecule has 3 heteroatoms. The van der Waals surface area contributed by atoms with Crippen molar-refractivity contribution in [1.29, 1.82) is 0 Å². The molecule has 3 aromatic heterocycles. The van der Waals surface area contributed by atoms with Gasteiger partial charge >= 0.3 is 0 Å². The van der Waals surface area contributed by atoms with Crippen molar-refractivity contribution >= 4 is 85.9 Å². The van der Waals surface area contributed by atoms with Crippen molar-refractivity contribution < 1.29 is 0 Å². The first kappa shape index (κ1) is 23.2. The minimum atomic E-state index is 1.18. The molecule has 0 unspecified atom stereocenters. The highest BCUT2D eigenvalue weighted by Crippen LogP contribution is 2.44. The highest BCUT2D eigenvalue weighted by Gasteiger charge is 2.21. The quantitative estimate of drug-likeness (QED) is 0.198. The molecule has 0 amide bonds. The molecule has 3 heterocycles. The van der Waals surface area contributed by atoms with Crippen LogP contribution >= 0.6 is 11.3 Å². The average Bonchev–Trinajstić information content (AvgIpc) is 3.71. The van der Waals surface area contributed by atoms with Crippen molar-refractivity contribution in [3.05, 3.63) is 146 Å². The minimum Gasteiger partial charge on any atom is -0.309 e. The summed E-state index contributed by atoms with van der Waals surface area (Å²) in [5, 5.41) is 10.3. The lowest BCUT2D eigenvalue weighted by atomic mass is 10.0. The van der Waals surface area contributed by atoms with Gasteiger partial charge in [0.1, 0.15) is 0 Å². The largest absolute Gasteiger partial charge is 0.309 e. The fourth-order valence-corrected chi connectivity index (χ4v) is 8.48. The van der Waals surface area contributed by atoms with Crippen LogP contribution in [0.4, 0.5) is 0 Å². The standard InChI is InChI=1S/C40H24N2S/c1-2-12-26(13-3-1)41-34-22-21-25-11-4-5-14-27(25)39(34)32-24-36-31(23-37(32)41)28-15-6-8-18-33(28)42(36)35-19-10-17-30-29-16-7-9-20-38(29)43-40(30)35/h1-24H. The molecular formula is C40H24N2S. The molecule has 10 aromatic rings. The Balaban J connectivity index is 1.42. The third-order valence-corrected chi connectivity index (χ3v) is 10.3. The van der Waals surface area contributed by atoms with Gasteiger partial charge in [0.05, 0.1) is 32.5 Å². The summed E-state index contributed by atoms with van der Waals surface area (Å²) < 4.78 is 7.59. The smallest absolute Gasteiger partial charge is 0.0640 e. The van der Waals surface area contributed by atoms with Gasteiger partial charge in [-0.25, -0.2) is 0 Å². The summed E-state index contributed by atoms with van der Waals surface area (Å²) in [7, 11) is 0. The van der Waals surface area contributed by atoms with E-state index in [9.17, 15) is 0 Å². The van der Waals surface area contributed by atoms with Crippen LogP contribution in [0.1, 0.15) is 0 Å². The lowest BCUT2D eigenvalue weighted by Gasteiger charge is -2.10. The zero-order valence-corrected chi connectivity index (χ0v) is 24.0. The van der Waals surface area contributed by atoms with Gasteiger partial charge in [-0.15, -0.1) is 11.3 Å². The molecular weight excluding hydrogens is 541 g/mol. The Morgan fingerprint density at radius 1 is 0.395 bits per heavy atom. The second-order valence-corrected chi connectivity index (χ2v) is 12.4. The van der Waals surface area contributed by atoms with Gasteiger partial charge in [0.15, 0.2) is 0 Å². The van der Waals surface area contributed by atoms with Crippen LogP contribution in [0.5, 0.6) is 0 Å². The number of para-hydroxylation sites is 2. The number of hydrogen-bond acceptors (Lipinski definition) is 1. The Bertz CT molecular complexity index is 2720. The van der Waals surface area contributed by atoms with E-state index in [-0.39, 0.29) is 0 Å². The first-order valence-electron chi connectivity index (χ1n) is 14.7. The van der Waals surface area contributed by atoms with Gasteiger partial charge in [0, 0.05) is 42.7 Å². The Morgan fingerprint density at radius 2 is 1.09 bits per heavy atom. The molecule has 0 aliphatic rings. The van der Waals surface area contributed by atoms with E-state index < -0.39 is 0 Å². The van der Waals surface area contributed by atoms with Crippen LogP contribution in [-0.2, 0) is 0 Å². The Kier molecular flexibility index (Phi) is 4.63. The van der Waals surface area contributed by atoms with E-state index in [1.807, 2.05) is 11.3 Å². The molecule has 0 saturated heterocycles. The third-order valence-electron chi connectivity index (χ3n) is 9.09. The Hall–Kier alpha value is -5.38. The van der Waals surface area contributed by atoms with Crippen LogP contribution in [0, 0.1) is 0 Å². The summed E-state index contributed by atoms with van der Waals surface area (Å²) in [6.45, 7) is 0. The highest BCUT2D eigenvalue weighted by molar-refractivity contribution is 7.26. The normalized spacial score (nSPS) is 12.2. The number of aromatic nitrogens is 2. The molecule has 0 aliphatic carbocycles. The molecule has 0 fully saturated rings. The molecule has 0 radical (unpaired) electrons. The molecule has 10 rings (SSSR count). The van der Waals surface area contributed by atoms with Gasteiger partial charge in [0.2, 0.25) is 0 Å². The zero-order valence-electron chi connectivity index (χ0n) is 23.2. The molecule has 0 bridgehead atoms. The monoisotopic (exact) mass is 564 g/mol. The van der Waals surface area contributed by atoms with Crippen LogP contribution in [0.25, 0.3) is 85.9 Å². The predicted octanol–water partition coefficient (Wildman–Crippen LogP) is 11.4. The van der Waals surface area contributed by atoms with E-state index in [0.717, 1.165) is 0 Å². The number of thiophene rings is 1. The van der Waals surface area contributed by atoms with Crippen molar-refractivity contribution in [2.45, 2.75) is 0 Å². The topological polar surface area (TPSA) is 9.86 Å². The Morgan fingerprint density at radius 3 is 2.00 bits per heavy atom. The van der Waals surface area contributed by atoms with Gasteiger partial charge in [-0.1, -0.05) is 97.1 Å². The fraction of sp³-hybridized carbons (Fsp3) is 0. The number of benzene rings is 7. The molecule has 0 atom stereocenters. The van der Waals surface area contributed by atoms with Gasteiger partial charge in [0.25, 0.3) is 0 Å². The minimum absolute atomic E-state index is 1.18. The first-order chi connectivity index (χ1) is 21.3. The van der Waals surface area contributed by atoms with E-state index in [4.69, 9.17) is 0 Å². The average molecular weight is 565 g/mol. The number of hydrogen-bond donors (Lipinski definition) is 0. The first-order valence-corrected chi connectivity index (χ1v) is 15.5. The van der Waals surface area contributed by atoms with Gasteiger partial charge in [-0.3, -0.25) is 0 Å². The second-order valence-electron chi connectivity index (χ2n) is 11.3. The lowest BCUT2D eigenvalue weighted by Crippen LogP contribution is -1.94. The second kappa shape index (κ2) is 8.57. The van der Waals surface area contributed by atoms with Crippen LogP contribution in [0.15, 0.2) is 146 Å². The summed E-state index contributed by atoms with van der Waals surface area (Å²) in [4.78, 5) is 0. The Labute approximate surface area is 251 Å². The maximum atomic E-state index is 2.50. The maximum Gasteiger partial charge on any atom is 0.0640 e. The number of fused-ring (bicyclic) bond motifs is 11. The maximum absolute atomic E-state index is 2.50. The number of rotatable bonds is 2. The molecule has 0 aliphatic heterocycles. The van der Waals surface area contributed by atoms with E-state index >= 15 is 0 Å². The van der Waals surface area contributed by atoms with E-state index in [0.29, 0.717) is 0 Å². The molecule has 0 spiro atoms. The van der Waals surface area contributed by atoms with Crippen molar-refractivity contribution in [1.82, 2.24) is 9.13 Å². The van der Waals surface area contributed by atoms with Crippen LogP contribution in [0.2, 0.25) is 0 Å². The van der Waals surface area contributed by atoms with Crippen molar-refractivity contribution in [3.8, 4) is 11.4 Å². The van der Waals surface area contributed by atoms with Crippen molar-refractivity contribution in [2.24, 2.45) is 0 Å². The summed E-state index contributed by atoms with van der Waals surface area (Å²) in [5.41, 5.74) is 7.34. The van der Waals surface area contributed by atoms with Crippen molar-refractivity contribution in [3.63, 3.8) is 0 Å². The SMILES string of the molecule is c1ccc(-n2c3cc4c5ccccc5n(-c5cccc6c5sc5ccccc56)c4cc3c3c4ccccc4ccc32)cc1.